The van der Waals surface area contributed by atoms with Crippen molar-refractivity contribution >= 4 is 17.2 Å². The van der Waals surface area contributed by atoms with Crippen LogP contribution < -0.4 is 5.73 Å². The Labute approximate surface area is 147 Å². The minimum absolute atomic E-state index is 0.348. The lowest BCUT2D eigenvalue weighted by Crippen LogP contribution is -2.14. The number of hydrogen-bond donors (Lipinski definition) is 1. The van der Waals surface area contributed by atoms with Gasteiger partial charge in [0.1, 0.15) is 17.7 Å². The van der Waals surface area contributed by atoms with Crippen molar-refractivity contribution < 1.29 is 4.39 Å². The number of aromatic nitrogens is 5. The van der Waals surface area contributed by atoms with E-state index in [2.05, 4.69) is 20.1 Å². The third kappa shape index (κ3) is 3.20. The van der Waals surface area contributed by atoms with E-state index in [1.54, 1.807) is 28.5 Å². The van der Waals surface area contributed by atoms with E-state index in [9.17, 15) is 4.39 Å². The molecule has 4 rings (SSSR count). The van der Waals surface area contributed by atoms with Gasteiger partial charge in [0, 0.05) is 18.0 Å². The van der Waals surface area contributed by atoms with E-state index >= 15 is 0 Å². The van der Waals surface area contributed by atoms with Crippen LogP contribution in [0, 0.1) is 0 Å². The summed E-state index contributed by atoms with van der Waals surface area (Å²) in [5.41, 5.74) is 10.3. The normalized spacial score (nSPS) is 16.8. The third-order valence-electron chi connectivity index (χ3n) is 3.91. The minimum atomic E-state index is -0.996. The highest BCUT2D eigenvalue weighted by atomic mass is 32.1. The van der Waals surface area contributed by atoms with Gasteiger partial charge in [-0.3, -0.25) is 4.68 Å². The van der Waals surface area contributed by atoms with Crippen LogP contribution in [0.4, 0.5) is 10.2 Å². The lowest BCUT2D eigenvalue weighted by molar-refractivity contribution is 0.366. The number of anilines is 1. The molecule has 8 heteroatoms. The zero-order valence-corrected chi connectivity index (χ0v) is 14.0. The molecule has 1 aliphatic carbocycles. The predicted octanol–water partition coefficient (Wildman–Crippen LogP) is 3.27. The molecule has 25 heavy (non-hydrogen) atoms. The van der Waals surface area contributed by atoms with Crippen LogP contribution in [0.3, 0.4) is 0 Å². The van der Waals surface area contributed by atoms with Gasteiger partial charge in [-0.2, -0.15) is 5.10 Å². The largest absolute Gasteiger partial charge is 0.384 e. The highest BCUT2D eigenvalue weighted by Crippen LogP contribution is 2.27. The standard InChI is InChI=1S/C17H15FN6S/c18-12-4-2-1-3-11(12)8-24-15(14-9-25-10-21-14)7-13(23-24)17-20-6-5-16(19)22-17/h1-3,5-7,9-10,12H,4,8H2,(H2,19,20,22). The first-order valence-electron chi connectivity index (χ1n) is 7.75. The molecular formula is C17H15FN6S. The fraction of sp³-hybridized carbons (Fsp3) is 0.176. The molecule has 0 aromatic carbocycles. The summed E-state index contributed by atoms with van der Waals surface area (Å²) < 4.78 is 15.9. The van der Waals surface area contributed by atoms with Crippen molar-refractivity contribution in [1.29, 1.82) is 0 Å². The quantitative estimate of drug-likeness (QED) is 0.777. The number of nitrogens with zero attached hydrogens (tertiary/aromatic N) is 5. The highest BCUT2D eigenvalue weighted by Gasteiger charge is 2.19. The number of nitrogens with two attached hydrogens (primary N) is 1. The Hall–Kier alpha value is -2.87. The van der Waals surface area contributed by atoms with Gasteiger partial charge in [-0.05, 0) is 17.7 Å². The summed E-state index contributed by atoms with van der Waals surface area (Å²) in [7, 11) is 0. The Morgan fingerprint density at radius 3 is 3.00 bits per heavy atom. The monoisotopic (exact) mass is 354 g/mol. The Bertz CT molecular complexity index is 944. The molecular weight excluding hydrogens is 339 g/mol. The molecule has 0 aliphatic heterocycles. The third-order valence-corrected chi connectivity index (χ3v) is 4.49. The summed E-state index contributed by atoms with van der Waals surface area (Å²) in [6.07, 6.45) is 6.49. The molecule has 0 fully saturated rings. The molecule has 3 aromatic rings. The first-order valence-corrected chi connectivity index (χ1v) is 8.70. The summed E-state index contributed by atoms with van der Waals surface area (Å²) in [4.78, 5) is 12.8. The van der Waals surface area contributed by atoms with Gasteiger partial charge >= 0.3 is 0 Å². The molecule has 1 atom stereocenters. The van der Waals surface area contributed by atoms with Gasteiger partial charge in [0.2, 0.25) is 0 Å². The van der Waals surface area contributed by atoms with E-state index in [-0.39, 0.29) is 0 Å². The second kappa shape index (κ2) is 6.56. The fourth-order valence-electron chi connectivity index (χ4n) is 2.66. The zero-order chi connectivity index (χ0) is 17.2. The van der Waals surface area contributed by atoms with Gasteiger partial charge < -0.3 is 5.73 Å². The van der Waals surface area contributed by atoms with Crippen LogP contribution in [0.25, 0.3) is 22.9 Å². The van der Waals surface area contributed by atoms with Crippen molar-refractivity contribution in [1.82, 2.24) is 24.7 Å². The Morgan fingerprint density at radius 2 is 2.24 bits per heavy atom. The van der Waals surface area contributed by atoms with Crippen LogP contribution in [0.2, 0.25) is 0 Å². The summed E-state index contributed by atoms with van der Waals surface area (Å²) in [5.74, 6) is 0.809. The molecule has 6 nitrogen and oxygen atoms in total. The van der Waals surface area contributed by atoms with E-state index < -0.39 is 6.17 Å². The molecule has 126 valence electrons. The molecule has 3 heterocycles. The minimum Gasteiger partial charge on any atom is -0.384 e. The molecule has 0 saturated carbocycles. The van der Waals surface area contributed by atoms with Gasteiger partial charge in [0.25, 0.3) is 0 Å². The number of halogens is 1. The molecule has 0 bridgehead atoms. The fourth-order valence-corrected chi connectivity index (χ4v) is 3.20. The number of allylic oxidation sites excluding steroid dienone is 4. The van der Waals surface area contributed by atoms with Crippen molar-refractivity contribution in [3.05, 3.63) is 53.0 Å². The summed E-state index contributed by atoms with van der Waals surface area (Å²) in [6, 6.07) is 3.48. The van der Waals surface area contributed by atoms with E-state index in [0.29, 0.717) is 35.9 Å². The lowest BCUT2D eigenvalue weighted by Gasteiger charge is -2.15. The molecule has 0 radical (unpaired) electrons. The van der Waals surface area contributed by atoms with Crippen LogP contribution in [-0.2, 0) is 6.54 Å². The number of hydrogen-bond acceptors (Lipinski definition) is 6. The molecule has 0 spiro atoms. The zero-order valence-electron chi connectivity index (χ0n) is 13.2. The number of alkyl halides is 1. The van der Waals surface area contributed by atoms with Crippen LogP contribution in [0.15, 0.2) is 53.0 Å². The second-order valence-electron chi connectivity index (χ2n) is 5.62. The predicted molar refractivity (Wildman–Crippen MR) is 95.5 cm³/mol. The van der Waals surface area contributed by atoms with E-state index in [4.69, 9.17) is 5.73 Å². The van der Waals surface area contributed by atoms with Crippen molar-refractivity contribution in [2.75, 3.05) is 5.73 Å². The Balaban J connectivity index is 1.76. The van der Waals surface area contributed by atoms with Crippen LogP contribution in [-0.4, -0.2) is 30.9 Å². The topological polar surface area (TPSA) is 82.5 Å². The first kappa shape index (κ1) is 15.6. The van der Waals surface area contributed by atoms with Gasteiger partial charge in [0.05, 0.1) is 23.4 Å². The van der Waals surface area contributed by atoms with E-state index in [1.165, 1.54) is 11.3 Å². The Kier molecular flexibility index (Phi) is 4.10. The highest BCUT2D eigenvalue weighted by molar-refractivity contribution is 7.07. The average Bonchev–Trinajstić information content (AvgIpc) is 3.26. The number of rotatable bonds is 4. The molecule has 0 saturated heterocycles. The number of thiazole rings is 1. The molecule has 3 aromatic heterocycles. The van der Waals surface area contributed by atoms with Gasteiger partial charge in [-0.15, -0.1) is 11.3 Å². The smallest absolute Gasteiger partial charge is 0.182 e. The average molecular weight is 354 g/mol. The summed E-state index contributed by atoms with van der Waals surface area (Å²) in [5, 5.41) is 6.51. The van der Waals surface area contributed by atoms with Crippen molar-refractivity contribution in [3.8, 4) is 22.9 Å². The summed E-state index contributed by atoms with van der Waals surface area (Å²) in [6.45, 7) is 0.348. The molecule has 2 N–H and O–H groups in total. The van der Waals surface area contributed by atoms with Crippen LogP contribution in [0.5, 0.6) is 0 Å². The van der Waals surface area contributed by atoms with Crippen molar-refractivity contribution in [2.45, 2.75) is 19.1 Å². The van der Waals surface area contributed by atoms with Gasteiger partial charge in [-0.1, -0.05) is 18.2 Å². The molecule has 1 aliphatic rings. The number of nitrogen functional groups attached to an aromatic ring is 1. The van der Waals surface area contributed by atoms with E-state index in [1.807, 2.05) is 23.6 Å². The SMILES string of the molecule is Nc1ccnc(-c2cc(-c3cscn3)n(CC3=CC=CCC3F)n2)n1. The van der Waals surface area contributed by atoms with Gasteiger partial charge in [-0.25, -0.2) is 19.3 Å². The van der Waals surface area contributed by atoms with Crippen LogP contribution in [0.1, 0.15) is 6.42 Å². The molecule has 0 amide bonds. The van der Waals surface area contributed by atoms with E-state index in [0.717, 1.165) is 11.4 Å². The van der Waals surface area contributed by atoms with Crippen LogP contribution >= 0.6 is 11.3 Å². The Morgan fingerprint density at radius 1 is 1.32 bits per heavy atom. The van der Waals surface area contributed by atoms with Crippen molar-refractivity contribution in [2.24, 2.45) is 0 Å². The first-order chi connectivity index (χ1) is 12.2. The maximum Gasteiger partial charge on any atom is 0.182 e. The second-order valence-corrected chi connectivity index (χ2v) is 6.34. The maximum atomic E-state index is 14.2. The summed E-state index contributed by atoms with van der Waals surface area (Å²) >= 11 is 1.49. The maximum absolute atomic E-state index is 14.2. The molecule has 1 unspecified atom stereocenters. The lowest BCUT2D eigenvalue weighted by atomic mass is 10.0. The van der Waals surface area contributed by atoms with Crippen molar-refractivity contribution in [3.63, 3.8) is 0 Å². The van der Waals surface area contributed by atoms with Gasteiger partial charge in [0.15, 0.2) is 5.82 Å².